The molecule has 2 amide bonds. The van der Waals surface area contributed by atoms with Gasteiger partial charge in [0.15, 0.2) is 0 Å². The van der Waals surface area contributed by atoms with E-state index in [0.29, 0.717) is 19.1 Å². The van der Waals surface area contributed by atoms with E-state index in [1.165, 1.54) is 6.42 Å². The Kier molecular flexibility index (Phi) is 3.34. The summed E-state index contributed by atoms with van der Waals surface area (Å²) < 4.78 is 0. The van der Waals surface area contributed by atoms with Gasteiger partial charge in [-0.1, -0.05) is 0 Å². The molecule has 3 N–H and O–H groups in total. The molecule has 1 aliphatic rings. The summed E-state index contributed by atoms with van der Waals surface area (Å²) in [5, 5.41) is 2.63. The molecular formula is C8H17N3O. The molecule has 70 valence electrons. The molecule has 0 aromatic carbocycles. The average molecular weight is 171 g/mol. The molecule has 1 aliphatic carbocycles. The lowest BCUT2D eigenvalue weighted by molar-refractivity contribution is 0.142. The monoisotopic (exact) mass is 171 g/mol. The van der Waals surface area contributed by atoms with Gasteiger partial charge in [-0.3, -0.25) is 0 Å². The highest BCUT2D eigenvalue weighted by atomic mass is 16.2. The summed E-state index contributed by atoms with van der Waals surface area (Å²) in [7, 11) is 1.66. The first-order valence-electron chi connectivity index (χ1n) is 4.48. The number of nitrogens with one attached hydrogen (secondary N) is 1. The number of hydrogen-bond acceptors (Lipinski definition) is 2. The van der Waals surface area contributed by atoms with Crippen LogP contribution >= 0.6 is 0 Å². The predicted molar refractivity (Wildman–Crippen MR) is 47.9 cm³/mol. The van der Waals surface area contributed by atoms with Gasteiger partial charge in [-0.05, 0) is 19.3 Å². The topological polar surface area (TPSA) is 58.4 Å². The van der Waals surface area contributed by atoms with Crippen molar-refractivity contribution in [1.82, 2.24) is 10.2 Å². The van der Waals surface area contributed by atoms with Crippen LogP contribution in [0.1, 0.15) is 19.3 Å². The standard InChI is InChI=1S/C8H17N3O/c1-10-8(12)11(6-5-9)7-3-2-4-7/h7H,2-6,9H2,1H3,(H,10,12). The smallest absolute Gasteiger partial charge is 0.317 e. The highest BCUT2D eigenvalue weighted by Crippen LogP contribution is 2.24. The van der Waals surface area contributed by atoms with E-state index >= 15 is 0 Å². The molecule has 0 saturated heterocycles. The lowest BCUT2D eigenvalue weighted by atomic mass is 9.92. The van der Waals surface area contributed by atoms with Crippen molar-refractivity contribution in [2.75, 3.05) is 20.1 Å². The van der Waals surface area contributed by atoms with E-state index < -0.39 is 0 Å². The number of nitrogens with two attached hydrogens (primary N) is 1. The highest BCUT2D eigenvalue weighted by Gasteiger charge is 2.27. The van der Waals surface area contributed by atoms with Gasteiger partial charge in [-0.25, -0.2) is 4.79 Å². The highest BCUT2D eigenvalue weighted by molar-refractivity contribution is 5.74. The van der Waals surface area contributed by atoms with Crippen molar-refractivity contribution in [3.63, 3.8) is 0 Å². The fourth-order valence-corrected chi connectivity index (χ4v) is 1.43. The number of urea groups is 1. The maximum atomic E-state index is 11.3. The normalized spacial score (nSPS) is 16.8. The molecule has 0 spiro atoms. The molecule has 0 unspecified atom stereocenters. The summed E-state index contributed by atoms with van der Waals surface area (Å²) in [4.78, 5) is 13.1. The van der Waals surface area contributed by atoms with Gasteiger partial charge in [-0.15, -0.1) is 0 Å². The van der Waals surface area contributed by atoms with E-state index in [9.17, 15) is 4.79 Å². The Balaban J connectivity index is 2.41. The third kappa shape index (κ3) is 1.88. The quantitative estimate of drug-likeness (QED) is 0.634. The van der Waals surface area contributed by atoms with Gasteiger partial charge in [0, 0.05) is 26.2 Å². The molecule has 1 rings (SSSR count). The summed E-state index contributed by atoms with van der Waals surface area (Å²) in [5.74, 6) is 0. The number of amides is 2. The van der Waals surface area contributed by atoms with Gasteiger partial charge < -0.3 is 16.0 Å². The summed E-state index contributed by atoms with van der Waals surface area (Å²) in [6.07, 6.45) is 3.50. The summed E-state index contributed by atoms with van der Waals surface area (Å²) in [5.41, 5.74) is 5.42. The third-order valence-corrected chi connectivity index (χ3v) is 2.36. The van der Waals surface area contributed by atoms with E-state index in [-0.39, 0.29) is 6.03 Å². The van der Waals surface area contributed by atoms with Gasteiger partial charge in [0.05, 0.1) is 0 Å². The van der Waals surface area contributed by atoms with E-state index in [1.54, 1.807) is 7.05 Å². The van der Waals surface area contributed by atoms with Gasteiger partial charge in [-0.2, -0.15) is 0 Å². The zero-order valence-corrected chi connectivity index (χ0v) is 7.55. The van der Waals surface area contributed by atoms with E-state index in [1.807, 2.05) is 4.90 Å². The van der Waals surface area contributed by atoms with Crippen LogP contribution in [0.4, 0.5) is 4.79 Å². The Hall–Kier alpha value is -0.770. The molecule has 0 aromatic rings. The van der Waals surface area contributed by atoms with Crippen molar-refractivity contribution in [1.29, 1.82) is 0 Å². The van der Waals surface area contributed by atoms with Crippen LogP contribution in [0, 0.1) is 0 Å². The number of carbonyl (C=O) groups excluding carboxylic acids is 1. The molecule has 12 heavy (non-hydrogen) atoms. The van der Waals surface area contributed by atoms with Gasteiger partial charge in [0.25, 0.3) is 0 Å². The van der Waals surface area contributed by atoms with E-state index in [2.05, 4.69) is 5.32 Å². The third-order valence-electron chi connectivity index (χ3n) is 2.36. The van der Waals surface area contributed by atoms with E-state index in [4.69, 9.17) is 5.73 Å². The first-order chi connectivity index (χ1) is 5.79. The van der Waals surface area contributed by atoms with Crippen LogP contribution < -0.4 is 11.1 Å². The number of nitrogens with zero attached hydrogens (tertiary/aromatic N) is 1. The lowest BCUT2D eigenvalue weighted by Crippen LogP contribution is -2.49. The van der Waals surface area contributed by atoms with Crippen molar-refractivity contribution < 1.29 is 4.79 Å². The van der Waals surface area contributed by atoms with Crippen LogP contribution in [-0.4, -0.2) is 37.1 Å². The maximum absolute atomic E-state index is 11.3. The Morgan fingerprint density at radius 2 is 2.33 bits per heavy atom. The zero-order chi connectivity index (χ0) is 8.97. The fourth-order valence-electron chi connectivity index (χ4n) is 1.43. The molecule has 0 aromatic heterocycles. The van der Waals surface area contributed by atoms with Crippen LogP contribution in [0.15, 0.2) is 0 Å². The Labute approximate surface area is 73.1 Å². The maximum Gasteiger partial charge on any atom is 0.317 e. The molecule has 4 heteroatoms. The minimum Gasteiger partial charge on any atom is -0.341 e. The SMILES string of the molecule is CNC(=O)N(CCN)C1CCC1. The molecule has 0 aliphatic heterocycles. The summed E-state index contributed by atoms with van der Waals surface area (Å²) >= 11 is 0. The summed E-state index contributed by atoms with van der Waals surface area (Å²) in [6.45, 7) is 1.22. The number of rotatable bonds is 3. The molecule has 4 nitrogen and oxygen atoms in total. The Morgan fingerprint density at radius 3 is 2.67 bits per heavy atom. The van der Waals surface area contributed by atoms with Crippen molar-refractivity contribution in [3.8, 4) is 0 Å². The van der Waals surface area contributed by atoms with Gasteiger partial charge >= 0.3 is 6.03 Å². The van der Waals surface area contributed by atoms with Crippen LogP contribution in [0.5, 0.6) is 0 Å². The second-order valence-corrected chi connectivity index (χ2v) is 3.12. The number of carbonyl (C=O) groups is 1. The van der Waals surface area contributed by atoms with E-state index in [0.717, 1.165) is 12.8 Å². The van der Waals surface area contributed by atoms with Crippen LogP contribution in [-0.2, 0) is 0 Å². The molecule has 0 atom stereocenters. The minimum atomic E-state index is 0.00477. The predicted octanol–water partition coefficient (Wildman–Crippen LogP) is 0.139. The van der Waals surface area contributed by atoms with Crippen LogP contribution in [0.25, 0.3) is 0 Å². The largest absolute Gasteiger partial charge is 0.341 e. The molecule has 1 saturated carbocycles. The number of hydrogen-bond donors (Lipinski definition) is 2. The molecule has 0 heterocycles. The summed E-state index contributed by atoms with van der Waals surface area (Å²) in [6, 6.07) is 0.443. The molecular weight excluding hydrogens is 154 g/mol. The Bertz CT molecular complexity index is 156. The van der Waals surface area contributed by atoms with Crippen LogP contribution in [0.2, 0.25) is 0 Å². The fraction of sp³-hybridized carbons (Fsp3) is 0.875. The van der Waals surface area contributed by atoms with Crippen LogP contribution in [0.3, 0.4) is 0 Å². The Morgan fingerprint density at radius 1 is 1.67 bits per heavy atom. The van der Waals surface area contributed by atoms with Crippen molar-refractivity contribution in [2.45, 2.75) is 25.3 Å². The first-order valence-corrected chi connectivity index (χ1v) is 4.48. The van der Waals surface area contributed by atoms with Gasteiger partial charge in [0.2, 0.25) is 0 Å². The lowest BCUT2D eigenvalue weighted by Gasteiger charge is -2.36. The minimum absolute atomic E-state index is 0.00477. The average Bonchev–Trinajstić information content (AvgIpc) is 1.99. The first kappa shape index (κ1) is 9.32. The molecule has 1 fully saturated rings. The molecule has 0 radical (unpaired) electrons. The molecule has 0 bridgehead atoms. The van der Waals surface area contributed by atoms with Crippen molar-refractivity contribution in [2.24, 2.45) is 5.73 Å². The van der Waals surface area contributed by atoms with Gasteiger partial charge in [0.1, 0.15) is 0 Å². The zero-order valence-electron chi connectivity index (χ0n) is 7.55. The second kappa shape index (κ2) is 4.30. The second-order valence-electron chi connectivity index (χ2n) is 3.12. The van der Waals surface area contributed by atoms with Crippen molar-refractivity contribution in [3.05, 3.63) is 0 Å². The van der Waals surface area contributed by atoms with Crippen molar-refractivity contribution >= 4 is 6.03 Å².